The van der Waals surface area contributed by atoms with Crippen molar-refractivity contribution in [2.45, 2.75) is 6.92 Å². The fraction of sp³-hybridized carbons (Fsp3) is 0.143. The summed E-state index contributed by atoms with van der Waals surface area (Å²) in [4.78, 5) is 9.43. The second kappa shape index (κ2) is 2.77. The van der Waals surface area contributed by atoms with E-state index >= 15 is 0 Å². The Morgan fingerprint density at radius 1 is 1.58 bits per heavy atom. The van der Waals surface area contributed by atoms with E-state index in [1.807, 2.05) is 0 Å². The van der Waals surface area contributed by atoms with Gasteiger partial charge in [-0.2, -0.15) is 4.39 Å². The number of anilines is 1. The van der Waals surface area contributed by atoms with Crippen LogP contribution in [-0.2, 0) is 0 Å². The van der Waals surface area contributed by atoms with E-state index in [1.54, 1.807) is 0 Å². The van der Waals surface area contributed by atoms with Gasteiger partial charge in [-0.25, -0.2) is 0 Å². The summed E-state index contributed by atoms with van der Waals surface area (Å²) >= 11 is 0. The highest BCUT2D eigenvalue weighted by molar-refractivity contribution is 5.53. The third-order valence-corrected chi connectivity index (χ3v) is 1.60. The molecule has 0 aliphatic carbocycles. The van der Waals surface area contributed by atoms with Gasteiger partial charge in [0.25, 0.3) is 0 Å². The normalized spacial score (nSPS) is 9.83. The predicted molar refractivity (Wildman–Crippen MR) is 42.2 cm³/mol. The Bertz CT molecular complexity index is 338. The van der Waals surface area contributed by atoms with Crippen molar-refractivity contribution in [2.75, 3.05) is 5.73 Å². The summed E-state index contributed by atoms with van der Waals surface area (Å²) in [6, 6.07) is 2.37. The van der Waals surface area contributed by atoms with Crippen LogP contribution in [0.1, 0.15) is 5.56 Å². The fourth-order valence-electron chi connectivity index (χ4n) is 0.827. The van der Waals surface area contributed by atoms with Gasteiger partial charge in [-0.15, -0.1) is 0 Å². The van der Waals surface area contributed by atoms with Gasteiger partial charge in [0.05, 0.1) is 4.92 Å². The zero-order valence-electron chi connectivity index (χ0n) is 6.37. The lowest BCUT2D eigenvalue weighted by atomic mass is 10.2. The maximum absolute atomic E-state index is 13.0. The first-order valence-corrected chi connectivity index (χ1v) is 3.23. The van der Waals surface area contributed by atoms with Crippen molar-refractivity contribution in [3.8, 4) is 0 Å². The van der Waals surface area contributed by atoms with E-state index < -0.39 is 16.4 Å². The largest absolute Gasteiger partial charge is 0.398 e. The monoisotopic (exact) mass is 170 g/mol. The molecule has 0 amide bonds. The first kappa shape index (κ1) is 8.45. The predicted octanol–water partition coefficient (Wildman–Crippen LogP) is 1.62. The molecular weight excluding hydrogens is 163 g/mol. The Hall–Kier alpha value is -1.65. The van der Waals surface area contributed by atoms with Crippen LogP contribution in [0, 0.1) is 22.9 Å². The van der Waals surface area contributed by atoms with Crippen LogP contribution in [0.2, 0.25) is 0 Å². The minimum absolute atomic E-state index is 0.115. The first-order chi connectivity index (χ1) is 5.54. The van der Waals surface area contributed by atoms with E-state index in [0.717, 1.165) is 6.07 Å². The molecule has 0 aliphatic rings. The molecule has 1 aromatic rings. The number of rotatable bonds is 1. The molecule has 1 aromatic carbocycles. The molecule has 0 saturated carbocycles. The Morgan fingerprint density at radius 2 is 2.17 bits per heavy atom. The molecule has 0 unspecified atom stereocenters. The van der Waals surface area contributed by atoms with Crippen molar-refractivity contribution in [2.24, 2.45) is 0 Å². The Labute approximate surface area is 68.0 Å². The molecule has 64 valence electrons. The third-order valence-electron chi connectivity index (χ3n) is 1.60. The number of hydrogen-bond acceptors (Lipinski definition) is 3. The average molecular weight is 170 g/mol. The summed E-state index contributed by atoms with van der Waals surface area (Å²) in [5.74, 6) is -0.861. The van der Waals surface area contributed by atoms with Crippen LogP contribution >= 0.6 is 0 Å². The van der Waals surface area contributed by atoms with Crippen LogP contribution < -0.4 is 5.73 Å². The minimum atomic E-state index is -0.861. The third kappa shape index (κ3) is 1.20. The quantitative estimate of drug-likeness (QED) is 0.395. The highest BCUT2D eigenvalue weighted by atomic mass is 19.1. The van der Waals surface area contributed by atoms with Gasteiger partial charge in [0.2, 0.25) is 5.82 Å². The van der Waals surface area contributed by atoms with Crippen LogP contribution in [0.15, 0.2) is 12.1 Å². The molecule has 0 atom stereocenters. The second-order valence-electron chi connectivity index (χ2n) is 2.37. The van der Waals surface area contributed by atoms with Crippen LogP contribution in [0.25, 0.3) is 0 Å². The van der Waals surface area contributed by atoms with Crippen LogP contribution in [0.3, 0.4) is 0 Å². The summed E-state index contributed by atoms with van der Waals surface area (Å²) in [6.45, 7) is 1.40. The van der Waals surface area contributed by atoms with Crippen molar-refractivity contribution in [1.82, 2.24) is 0 Å². The molecule has 1 rings (SSSR count). The molecule has 12 heavy (non-hydrogen) atoms. The lowest BCUT2D eigenvalue weighted by molar-refractivity contribution is -0.387. The lowest BCUT2D eigenvalue weighted by Gasteiger charge is -2.00. The van der Waals surface area contributed by atoms with Crippen LogP contribution in [0.5, 0.6) is 0 Å². The maximum atomic E-state index is 13.0. The Balaban J connectivity index is 3.36. The molecular formula is C7H7FN2O2. The van der Waals surface area contributed by atoms with Crippen molar-refractivity contribution in [3.05, 3.63) is 33.6 Å². The molecule has 0 spiro atoms. The van der Waals surface area contributed by atoms with E-state index in [4.69, 9.17) is 5.73 Å². The lowest BCUT2D eigenvalue weighted by Crippen LogP contribution is -1.98. The van der Waals surface area contributed by atoms with Gasteiger partial charge in [0, 0.05) is 17.3 Å². The smallest absolute Gasteiger partial charge is 0.305 e. The number of halogens is 1. The standard InChI is InChI=1S/C7H7FN2O2/c1-4-5(9)2-3-6(7(4)8)10(11)12/h2-3H,9H2,1H3. The number of benzene rings is 1. The van der Waals surface area contributed by atoms with Crippen molar-refractivity contribution >= 4 is 11.4 Å². The van der Waals surface area contributed by atoms with Gasteiger partial charge < -0.3 is 5.73 Å². The van der Waals surface area contributed by atoms with E-state index in [2.05, 4.69) is 0 Å². The van der Waals surface area contributed by atoms with E-state index in [1.165, 1.54) is 13.0 Å². The Morgan fingerprint density at radius 3 is 2.67 bits per heavy atom. The maximum Gasteiger partial charge on any atom is 0.305 e. The first-order valence-electron chi connectivity index (χ1n) is 3.23. The summed E-state index contributed by atoms with van der Waals surface area (Å²) in [7, 11) is 0. The number of nitro groups is 1. The zero-order valence-corrected chi connectivity index (χ0v) is 6.37. The molecule has 5 heteroatoms. The molecule has 0 aliphatic heterocycles. The summed E-state index contributed by atoms with van der Waals surface area (Å²) in [6.07, 6.45) is 0. The van der Waals surface area contributed by atoms with Crippen LogP contribution in [0.4, 0.5) is 15.8 Å². The molecule has 0 aromatic heterocycles. The summed E-state index contributed by atoms with van der Waals surface area (Å²) < 4.78 is 13.0. The van der Waals surface area contributed by atoms with Gasteiger partial charge in [-0.3, -0.25) is 10.1 Å². The molecule has 0 fully saturated rings. The number of nitro benzene ring substituents is 1. The summed E-state index contributed by atoms with van der Waals surface area (Å²) in [5, 5.41) is 10.2. The average Bonchev–Trinajstić information content (AvgIpc) is 2.00. The van der Waals surface area contributed by atoms with Gasteiger partial charge >= 0.3 is 5.69 Å². The van der Waals surface area contributed by atoms with Crippen molar-refractivity contribution < 1.29 is 9.31 Å². The van der Waals surface area contributed by atoms with Gasteiger partial charge in [0.1, 0.15) is 0 Å². The van der Waals surface area contributed by atoms with E-state index in [9.17, 15) is 14.5 Å². The molecule has 0 heterocycles. The second-order valence-corrected chi connectivity index (χ2v) is 2.37. The minimum Gasteiger partial charge on any atom is -0.398 e. The van der Waals surface area contributed by atoms with E-state index in [0.29, 0.717) is 0 Å². The van der Waals surface area contributed by atoms with Gasteiger partial charge in [-0.1, -0.05) is 0 Å². The summed E-state index contributed by atoms with van der Waals surface area (Å²) in [5.41, 5.74) is 5.12. The number of hydrogen-bond donors (Lipinski definition) is 1. The number of nitrogens with two attached hydrogens (primary N) is 1. The Kier molecular flexibility index (Phi) is 1.95. The number of nitrogens with zero attached hydrogens (tertiary/aromatic N) is 1. The highest BCUT2D eigenvalue weighted by Gasteiger charge is 2.16. The highest BCUT2D eigenvalue weighted by Crippen LogP contribution is 2.23. The molecule has 4 nitrogen and oxygen atoms in total. The molecule has 0 bridgehead atoms. The zero-order chi connectivity index (χ0) is 9.30. The molecule has 0 saturated heterocycles. The molecule has 2 N–H and O–H groups in total. The van der Waals surface area contributed by atoms with Crippen molar-refractivity contribution in [1.29, 1.82) is 0 Å². The molecule has 0 radical (unpaired) electrons. The van der Waals surface area contributed by atoms with E-state index in [-0.39, 0.29) is 11.3 Å². The number of nitrogen functional groups attached to an aromatic ring is 1. The van der Waals surface area contributed by atoms with Gasteiger partial charge in [-0.05, 0) is 13.0 Å². The topological polar surface area (TPSA) is 69.2 Å². The van der Waals surface area contributed by atoms with Gasteiger partial charge in [0.15, 0.2) is 0 Å². The fourth-order valence-corrected chi connectivity index (χ4v) is 0.827. The van der Waals surface area contributed by atoms with Crippen molar-refractivity contribution in [3.63, 3.8) is 0 Å². The SMILES string of the molecule is Cc1c(N)ccc([N+](=O)[O-])c1F. The van der Waals surface area contributed by atoms with Crippen LogP contribution in [-0.4, -0.2) is 4.92 Å².